The number of fused-ring (bicyclic) bond motifs is 1. The minimum atomic E-state index is -0.223. The number of hydrogen-bond acceptors (Lipinski definition) is 4. The van der Waals surface area contributed by atoms with Crippen molar-refractivity contribution in [2.45, 2.75) is 13.1 Å². The number of para-hydroxylation sites is 3. The van der Waals surface area contributed by atoms with E-state index < -0.39 is 0 Å². The van der Waals surface area contributed by atoms with Crippen molar-refractivity contribution in [1.29, 1.82) is 0 Å². The lowest BCUT2D eigenvalue weighted by atomic mass is 10.2. The Bertz CT molecular complexity index is 1230. The molecule has 7 nitrogen and oxygen atoms in total. The number of benzene rings is 3. The Morgan fingerprint density at radius 1 is 0.969 bits per heavy atom. The third-order valence-corrected chi connectivity index (χ3v) is 5.30. The number of likely N-dealkylation sites (N-methyl/N-ethyl adjacent to an activating group) is 1. The molecule has 0 aliphatic rings. The van der Waals surface area contributed by atoms with Crippen molar-refractivity contribution < 1.29 is 14.3 Å². The Kier molecular flexibility index (Phi) is 6.17. The van der Waals surface area contributed by atoms with E-state index in [2.05, 4.69) is 10.3 Å². The molecule has 4 aromatic rings. The van der Waals surface area contributed by atoms with Crippen LogP contribution in [0.3, 0.4) is 0 Å². The Balaban J connectivity index is 1.54. The Morgan fingerprint density at radius 2 is 1.66 bits per heavy atom. The fourth-order valence-corrected chi connectivity index (χ4v) is 3.48. The summed E-state index contributed by atoms with van der Waals surface area (Å²) in [6, 6.07) is 24.0. The van der Waals surface area contributed by atoms with Crippen LogP contribution in [0.4, 0.5) is 5.69 Å². The van der Waals surface area contributed by atoms with E-state index in [1.54, 1.807) is 43.3 Å². The molecule has 2 amide bonds. The second-order valence-electron chi connectivity index (χ2n) is 7.30. The van der Waals surface area contributed by atoms with Gasteiger partial charge >= 0.3 is 0 Å². The average molecular weight is 428 g/mol. The SMILES string of the molecule is COc1ccc(C(=O)NCc2nc3ccccc3n2CC(=O)N(C)c2ccccc2)cc1. The van der Waals surface area contributed by atoms with E-state index in [1.165, 1.54) is 0 Å². The van der Waals surface area contributed by atoms with E-state index in [0.29, 0.717) is 17.1 Å². The number of methoxy groups -OCH3 is 1. The zero-order valence-electron chi connectivity index (χ0n) is 18.0. The molecule has 0 atom stereocenters. The quantitative estimate of drug-likeness (QED) is 0.488. The summed E-state index contributed by atoms with van der Waals surface area (Å²) >= 11 is 0. The average Bonchev–Trinajstić information content (AvgIpc) is 3.19. The lowest BCUT2D eigenvalue weighted by Crippen LogP contribution is -2.31. The standard InChI is InChI=1S/C25H24N4O3/c1-28(19-8-4-3-5-9-19)24(30)17-29-22-11-7-6-10-21(22)27-23(29)16-26-25(31)18-12-14-20(32-2)15-13-18/h3-15H,16-17H2,1-2H3,(H,26,31). The molecule has 0 bridgehead atoms. The highest BCUT2D eigenvalue weighted by atomic mass is 16.5. The molecule has 162 valence electrons. The van der Waals surface area contributed by atoms with Gasteiger partial charge < -0.3 is 19.5 Å². The van der Waals surface area contributed by atoms with Crippen LogP contribution in [0, 0.1) is 0 Å². The van der Waals surface area contributed by atoms with Gasteiger partial charge in [-0.05, 0) is 48.5 Å². The van der Waals surface area contributed by atoms with Crippen LogP contribution in [0.5, 0.6) is 5.75 Å². The molecule has 3 aromatic carbocycles. The van der Waals surface area contributed by atoms with E-state index in [1.807, 2.05) is 59.2 Å². The summed E-state index contributed by atoms with van der Waals surface area (Å²) in [7, 11) is 3.33. The van der Waals surface area contributed by atoms with Crippen molar-refractivity contribution in [1.82, 2.24) is 14.9 Å². The molecule has 0 radical (unpaired) electrons. The molecular formula is C25H24N4O3. The predicted octanol–water partition coefficient (Wildman–Crippen LogP) is 3.64. The molecule has 1 aromatic heterocycles. The smallest absolute Gasteiger partial charge is 0.251 e. The Hall–Kier alpha value is -4.13. The van der Waals surface area contributed by atoms with E-state index >= 15 is 0 Å². The van der Waals surface area contributed by atoms with Gasteiger partial charge in [-0.1, -0.05) is 30.3 Å². The molecule has 0 spiro atoms. The minimum absolute atomic E-state index is 0.0814. The van der Waals surface area contributed by atoms with Gasteiger partial charge in [0, 0.05) is 18.3 Å². The number of nitrogens with one attached hydrogen (secondary N) is 1. The van der Waals surface area contributed by atoms with Crippen LogP contribution in [0.1, 0.15) is 16.2 Å². The highest BCUT2D eigenvalue weighted by Gasteiger charge is 2.18. The molecule has 0 aliphatic heterocycles. The van der Waals surface area contributed by atoms with Gasteiger partial charge in [0.15, 0.2) is 0 Å². The molecule has 1 N–H and O–H groups in total. The minimum Gasteiger partial charge on any atom is -0.497 e. The fourth-order valence-electron chi connectivity index (χ4n) is 3.48. The van der Waals surface area contributed by atoms with E-state index in [9.17, 15) is 9.59 Å². The van der Waals surface area contributed by atoms with Gasteiger partial charge in [-0.2, -0.15) is 0 Å². The van der Waals surface area contributed by atoms with Crippen molar-refractivity contribution >= 4 is 28.5 Å². The topological polar surface area (TPSA) is 76.5 Å². The van der Waals surface area contributed by atoms with Crippen molar-refractivity contribution in [2.24, 2.45) is 0 Å². The number of anilines is 1. The summed E-state index contributed by atoms with van der Waals surface area (Å²) in [4.78, 5) is 31.9. The van der Waals surface area contributed by atoms with Gasteiger partial charge in [0.05, 0.1) is 24.7 Å². The molecule has 4 rings (SSSR count). The highest BCUT2D eigenvalue weighted by Crippen LogP contribution is 2.18. The third-order valence-electron chi connectivity index (χ3n) is 5.30. The molecule has 0 unspecified atom stereocenters. The third kappa shape index (κ3) is 4.46. The highest BCUT2D eigenvalue weighted by molar-refractivity contribution is 5.95. The van der Waals surface area contributed by atoms with Gasteiger partial charge in [0.1, 0.15) is 18.1 Å². The first-order valence-electron chi connectivity index (χ1n) is 10.2. The second kappa shape index (κ2) is 9.34. The number of rotatable bonds is 7. The summed E-state index contributed by atoms with van der Waals surface area (Å²) in [5.41, 5.74) is 2.96. The molecular weight excluding hydrogens is 404 g/mol. The van der Waals surface area contributed by atoms with Crippen molar-refractivity contribution in [3.8, 4) is 5.75 Å². The normalized spacial score (nSPS) is 10.7. The Morgan fingerprint density at radius 3 is 2.38 bits per heavy atom. The lowest BCUT2D eigenvalue weighted by Gasteiger charge is -2.19. The van der Waals surface area contributed by atoms with Gasteiger partial charge in [-0.15, -0.1) is 0 Å². The van der Waals surface area contributed by atoms with Gasteiger partial charge in [0.25, 0.3) is 5.91 Å². The maximum atomic E-state index is 13.0. The van der Waals surface area contributed by atoms with Crippen molar-refractivity contribution in [3.63, 3.8) is 0 Å². The lowest BCUT2D eigenvalue weighted by molar-refractivity contribution is -0.118. The summed E-state index contributed by atoms with van der Waals surface area (Å²) in [6.07, 6.45) is 0. The molecule has 0 aliphatic carbocycles. The molecule has 1 heterocycles. The Labute approximate surface area is 186 Å². The maximum Gasteiger partial charge on any atom is 0.251 e. The number of carbonyl (C=O) groups excluding carboxylic acids is 2. The maximum absolute atomic E-state index is 13.0. The van der Waals surface area contributed by atoms with Crippen LogP contribution in [0.25, 0.3) is 11.0 Å². The molecule has 0 fully saturated rings. The fraction of sp³-hybridized carbons (Fsp3) is 0.160. The first-order chi connectivity index (χ1) is 15.6. The number of hydrogen-bond donors (Lipinski definition) is 1. The monoisotopic (exact) mass is 428 g/mol. The first kappa shape index (κ1) is 21.1. The van der Waals surface area contributed by atoms with Crippen LogP contribution in [-0.2, 0) is 17.9 Å². The number of ether oxygens (including phenoxy) is 1. The van der Waals surface area contributed by atoms with Crippen molar-refractivity contribution in [3.05, 3.63) is 90.3 Å². The summed E-state index contributed by atoms with van der Waals surface area (Å²) in [5, 5.41) is 2.90. The largest absolute Gasteiger partial charge is 0.497 e. The number of imidazole rings is 1. The number of amides is 2. The van der Waals surface area contributed by atoms with Crippen LogP contribution < -0.4 is 15.0 Å². The molecule has 0 saturated carbocycles. The summed E-state index contributed by atoms with van der Waals surface area (Å²) < 4.78 is 6.99. The summed E-state index contributed by atoms with van der Waals surface area (Å²) in [5.74, 6) is 0.994. The van der Waals surface area contributed by atoms with Gasteiger partial charge in [-0.3, -0.25) is 9.59 Å². The second-order valence-corrected chi connectivity index (χ2v) is 7.30. The van der Waals surface area contributed by atoms with Crippen molar-refractivity contribution in [2.75, 3.05) is 19.1 Å². The summed E-state index contributed by atoms with van der Waals surface area (Å²) in [6.45, 7) is 0.307. The zero-order valence-corrected chi connectivity index (χ0v) is 18.0. The predicted molar refractivity (Wildman–Crippen MR) is 124 cm³/mol. The van der Waals surface area contributed by atoms with Crippen LogP contribution in [0.15, 0.2) is 78.9 Å². The zero-order chi connectivity index (χ0) is 22.5. The molecule has 7 heteroatoms. The first-order valence-corrected chi connectivity index (χ1v) is 10.2. The van der Waals surface area contributed by atoms with E-state index in [0.717, 1.165) is 16.7 Å². The van der Waals surface area contributed by atoms with Crippen LogP contribution in [0.2, 0.25) is 0 Å². The van der Waals surface area contributed by atoms with Crippen LogP contribution >= 0.6 is 0 Å². The van der Waals surface area contributed by atoms with E-state index in [4.69, 9.17) is 4.74 Å². The van der Waals surface area contributed by atoms with E-state index in [-0.39, 0.29) is 24.9 Å². The van der Waals surface area contributed by atoms with Gasteiger partial charge in [0.2, 0.25) is 5.91 Å². The molecule has 0 saturated heterocycles. The number of nitrogens with zero attached hydrogens (tertiary/aromatic N) is 3. The molecule has 32 heavy (non-hydrogen) atoms. The number of aromatic nitrogens is 2. The van der Waals surface area contributed by atoms with Gasteiger partial charge in [-0.25, -0.2) is 4.98 Å². The van der Waals surface area contributed by atoms with Crippen LogP contribution in [-0.4, -0.2) is 35.5 Å². The number of carbonyl (C=O) groups is 2.